The molecule has 0 saturated heterocycles. The first-order valence-corrected chi connectivity index (χ1v) is 6.50. The second kappa shape index (κ2) is 4.30. The van der Waals surface area contributed by atoms with Gasteiger partial charge in [-0.25, -0.2) is 4.39 Å². The van der Waals surface area contributed by atoms with Crippen LogP contribution in [0, 0.1) is 19.7 Å². The number of ketones is 1. The number of rotatable bonds is 1. The Kier molecular flexibility index (Phi) is 2.74. The van der Waals surface area contributed by atoms with E-state index in [-0.39, 0.29) is 11.6 Å². The first-order chi connectivity index (χ1) is 9.08. The Labute approximate surface area is 112 Å². The molecule has 0 heterocycles. The van der Waals surface area contributed by atoms with Crippen LogP contribution in [0.25, 0.3) is 11.1 Å². The van der Waals surface area contributed by atoms with Gasteiger partial charge >= 0.3 is 0 Å². The third-order valence-corrected chi connectivity index (χ3v) is 3.78. The van der Waals surface area contributed by atoms with E-state index in [1.165, 1.54) is 0 Å². The molecule has 19 heavy (non-hydrogen) atoms. The molecule has 0 atom stereocenters. The fraction of sp³-hybridized carbons (Fsp3) is 0.235. The van der Waals surface area contributed by atoms with E-state index >= 15 is 0 Å². The molecule has 0 radical (unpaired) electrons. The summed E-state index contributed by atoms with van der Waals surface area (Å²) in [4.78, 5) is 11.8. The van der Waals surface area contributed by atoms with Crippen LogP contribution in [0.2, 0.25) is 0 Å². The zero-order chi connectivity index (χ0) is 13.6. The van der Waals surface area contributed by atoms with Gasteiger partial charge in [0, 0.05) is 17.5 Å². The van der Waals surface area contributed by atoms with Crippen molar-refractivity contribution in [3.05, 3.63) is 58.4 Å². The third kappa shape index (κ3) is 1.88. The molecule has 1 aliphatic carbocycles. The summed E-state index contributed by atoms with van der Waals surface area (Å²) in [5.41, 5.74) is 5.11. The molecule has 0 bridgehead atoms. The summed E-state index contributed by atoms with van der Waals surface area (Å²) in [6.45, 7) is 3.81. The van der Waals surface area contributed by atoms with Crippen molar-refractivity contribution < 1.29 is 9.18 Å². The molecule has 96 valence electrons. The second-order valence-electron chi connectivity index (χ2n) is 5.19. The van der Waals surface area contributed by atoms with Crippen molar-refractivity contribution in [3.8, 4) is 11.1 Å². The van der Waals surface area contributed by atoms with Crippen LogP contribution in [0.1, 0.15) is 33.5 Å². The lowest BCUT2D eigenvalue weighted by Gasteiger charge is -2.13. The van der Waals surface area contributed by atoms with Crippen LogP contribution < -0.4 is 0 Å². The second-order valence-corrected chi connectivity index (χ2v) is 5.19. The van der Waals surface area contributed by atoms with E-state index < -0.39 is 0 Å². The van der Waals surface area contributed by atoms with Crippen molar-refractivity contribution in [2.45, 2.75) is 26.7 Å². The Morgan fingerprint density at radius 2 is 1.79 bits per heavy atom. The largest absolute Gasteiger partial charge is 0.294 e. The Bertz CT molecular complexity index is 663. The number of benzene rings is 2. The van der Waals surface area contributed by atoms with Gasteiger partial charge in [0.25, 0.3) is 0 Å². The SMILES string of the molecule is Cc1cc(C)c(-c2cccc3c2CCC3=O)c(F)c1. The number of carbonyl (C=O) groups is 1. The first kappa shape index (κ1) is 12.1. The van der Waals surface area contributed by atoms with Gasteiger partial charge in [0.05, 0.1) is 0 Å². The van der Waals surface area contributed by atoms with Gasteiger partial charge in [0.15, 0.2) is 5.78 Å². The predicted octanol–water partition coefficient (Wildman–Crippen LogP) is 4.24. The normalized spacial score (nSPS) is 13.7. The van der Waals surface area contributed by atoms with Gasteiger partial charge in [-0.3, -0.25) is 4.79 Å². The van der Waals surface area contributed by atoms with Crippen LogP contribution in [0.4, 0.5) is 4.39 Å². The van der Waals surface area contributed by atoms with Gasteiger partial charge in [0.2, 0.25) is 0 Å². The lowest BCUT2D eigenvalue weighted by Crippen LogP contribution is -1.96. The first-order valence-electron chi connectivity index (χ1n) is 6.50. The average molecular weight is 254 g/mol. The Morgan fingerprint density at radius 3 is 2.53 bits per heavy atom. The van der Waals surface area contributed by atoms with Crippen LogP contribution >= 0.6 is 0 Å². The quantitative estimate of drug-likeness (QED) is 0.744. The zero-order valence-electron chi connectivity index (χ0n) is 11.1. The number of hydrogen-bond donors (Lipinski definition) is 0. The summed E-state index contributed by atoms with van der Waals surface area (Å²) in [7, 11) is 0. The van der Waals surface area contributed by atoms with Crippen molar-refractivity contribution in [1.82, 2.24) is 0 Å². The molecule has 0 fully saturated rings. The van der Waals surface area contributed by atoms with Crippen LogP contribution in [-0.4, -0.2) is 5.78 Å². The smallest absolute Gasteiger partial charge is 0.163 e. The molecule has 0 spiro atoms. The van der Waals surface area contributed by atoms with E-state index in [0.717, 1.165) is 34.2 Å². The molecule has 0 N–H and O–H groups in total. The maximum atomic E-state index is 14.3. The lowest BCUT2D eigenvalue weighted by atomic mass is 9.92. The number of Topliss-reactive ketones (excluding diaryl/α,β-unsaturated/α-hetero) is 1. The van der Waals surface area contributed by atoms with Crippen molar-refractivity contribution in [2.24, 2.45) is 0 Å². The highest BCUT2D eigenvalue weighted by atomic mass is 19.1. The van der Waals surface area contributed by atoms with Crippen molar-refractivity contribution >= 4 is 5.78 Å². The monoisotopic (exact) mass is 254 g/mol. The number of halogens is 1. The molecule has 2 heteroatoms. The van der Waals surface area contributed by atoms with Gasteiger partial charge in [-0.15, -0.1) is 0 Å². The van der Waals surface area contributed by atoms with Gasteiger partial charge in [-0.1, -0.05) is 24.3 Å². The van der Waals surface area contributed by atoms with Gasteiger partial charge < -0.3 is 0 Å². The summed E-state index contributed by atoms with van der Waals surface area (Å²) < 4.78 is 14.3. The average Bonchev–Trinajstić information content (AvgIpc) is 2.71. The fourth-order valence-corrected chi connectivity index (χ4v) is 2.98. The van der Waals surface area contributed by atoms with Crippen molar-refractivity contribution in [1.29, 1.82) is 0 Å². The molecule has 0 saturated carbocycles. The zero-order valence-corrected chi connectivity index (χ0v) is 11.1. The molecular formula is C17H15FO. The summed E-state index contributed by atoms with van der Waals surface area (Å²) >= 11 is 0. The minimum Gasteiger partial charge on any atom is -0.294 e. The van der Waals surface area contributed by atoms with E-state index in [2.05, 4.69) is 0 Å². The number of hydrogen-bond acceptors (Lipinski definition) is 1. The molecule has 0 amide bonds. The molecule has 0 aromatic heterocycles. The molecule has 3 rings (SSSR count). The maximum Gasteiger partial charge on any atom is 0.163 e. The standard InChI is InChI=1S/C17H15FO/c1-10-8-11(2)17(15(18)9-10)14-5-3-4-13-12(14)6-7-16(13)19/h3-5,8-9H,6-7H2,1-2H3. The van der Waals surface area contributed by atoms with Crippen molar-refractivity contribution in [2.75, 3.05) is 0 Å². The highest BCUT2D eigenvalue weighted by Crippen LogP contribution is 2.35. The Hall–Kier alpha value is -1.96. The van der Waals surface area contributed by atoms with E-state index in [0.29, 0.717) is 12.0 Å². The van der Waals surface area contributed by atoms with E-state index in [1.807, 2.05) is 38.1 Å². The molecule has 1 aliphatic rings. The molecule has 0 unspecified atom stereocenters. The van der Waals surface area contributed by atoms with Crippen LogP contribution in [0.15, 0.2) is 30.3 Å². The number of aryl methyl sites for hydroxylation is 2. The van der Waals surface area contributed by atoms with E-state index in [1.54, 1.807) is 6.07 Å². The van der Waals surface area contributed by atoms with E-state index in [4.69, 9.17) is 0 Å². The maximum absolute atomic E-state index is 14.3. The van der Waals surface area contributed by atoms with Crippen molar-refractivity contribution in [3.63, 3.8) is 0 Å². The highest BCUT2D eigenvalue weighted by Gasteiger charge is 2.24. The lowest BCUT2D eigenvalue weighted by molar-refractivity contribution is 0.0994. The van der Waals surface area contributed by atoms with Gasteiger partial charge in [-0.05, 0) is 48.6 Å². The summed E-state index contributed by atoms with van der Waals surface area (Å²) in [6, 6.07) is 9.14. The minimum absolute atomic E-state index is 0.169. The third-order valence-electron chi connectivity index (χ3n) is 3.78. The number of fused-ring (bicyclic) bond motifs is 1. The van der Waals surface area contributed by atoms with Gasteiger partial charge in [0.1, 0.15) is 5.82 Å². The van der Waals surface area contributed by atoms with E-state index in [9.17, 15) is 9.18 Å². The Morgan fingerprint density at radius 1 is 1.05 bits per heavy atom. The molecular weight excluding hydrogens is 239 g/mol. The minimum atomic E-state index is -0.203. The summed E-state index contributed by atoms with van der Waals surface area (Å²) in [5.74, 6) is -0.0349. The van der Waals surface area contributed by atoms with Gasteiger partial charge in [-0.2, -0.15) is 0 Å². The highest BCUT2D eigenvalue weighted by molar-refractivity contribution is 6.02. The van der Waals surface area contributed by atoms with Crippen LogP contribution in [-0.2, 0) is 6.42 Å². The predicted molar refractivity (Wildman–Crippen MR) is 74.0 cm³/mol. The number of carbonyl (C=O) groups excluding carboxylic acids is 1. The fourth-order valence-electron chi connectivity index (χ4n) is 2.98. The molecule has 2 aromatic carbocycles. The summed E-state index contributed by atoms with van der Waals surface area (Å²) in [6.07, 6.45) is 1.26. The Balaban J connectivity index is 2.28. The molecule has 2 aromatic rings. The molecule has 0 aliphatic heterocycles. The topological polar surface area (TPSA) is 17.1 Å². The molecule has 1 nitrogen and oxygen atoms in total. The van der Waals surface area contributed by atoms with Crippen LogP contribution in [0.3, 0.4) is 0 Å². The van der Waals surface area contributed by atoms with Crippen LogP contribution in [0.5, 0.6) is 0 Å². The summed E-state index contributed by atoms with van der Waals surface area (Å²) in [5, 5.41) is 0.